The zero-order valence-electron chi connectivity index (χ0n) is 18.9. The van der Waals surface area contributed by atoms with Crippen LogP contribution in [0.1, 0.15) is 38.4 Å². The van der Waals surface area contributed by atoms with E-state index in [1.54, 1.807) is 29.3 Å². The molecular formula is C24H24ClN5O4. The average Bonchev–Trinajstić information content (AvgIpc) is 2.82. The van der Waals surface area contributed by atoms with Gasteiger partial charge in [-0.1, -0.05) is 11.6 Å². The Morgan fingerprint density at radius 1 is 1.24 bits per heavy atom. The molecular weight excluding hydrogens is 458 g/mol. The molecule has 34 heavy (non-hydrogen) atoms. The molecule has 0 spiro atoms. The van der Waals surface area contributed by atoms with Crippen LogP contribution < -0.4 is 15.6 Å². The first-order valence-corrected chi connectivity index (χ1v) is 11.2. The Morgan fingerprint density at radius 3 is 2.79 bits per heavy atom. The number of H-pyrrole nitrogens is 1. The molecule has 0 atom stereocenters. The molecule has 0 fully saturated rings. The van der Waals surface area contributed by atoms with Crippen LogP contribution in [0.15, 0.2) is 41.3 Å². The Hall–Kier alpha value is -3.72. The molecule has 176 valence electrons. The molecule has 0 aliphatic carbocycles. The van der Waals surface area contributed by atoms with Crippen LogP contribution in [0.4, 0.5) is 0 Å². The first-order chi connectivity index (χ1) is 16.3. The number of benzene rings is 1. The van der Waals surface area contributed by atoms with Crippen molar-refractivity contribution in [3.05, 3.63) is 85.5 Å². The first kappa shape index (κ1) is 23.4. The lowest BCUT2D eigenvalue weighted by molar-refractivity contribution is -0.134. The fourth-order valence-corrected chi connectivity index (χ4v) is 4.13. The van der Waals surface area contributed by atoms with Crippen molar-refractivity contribution in [2.75, 3.05) is 13.2 Å². The maximum Gasteiger partial charge on any atom is 0.271 e. The van der Waals surface area contributed by atoms with Gasteiger partial charge in [0.25, 0.3) is 17.4 Å². The van der Waals surface area contributed by atoms with Gasteiger partial charge >= 0.3 is 0 Å². The van der Waals surface area contributed by atoms with E-state index in [1.165, 1.54) is 12.1 Å². The standard InChI is InChI=1S/C24H24ClN5O4/c1-14-9-17(25)3-5-21(14)34-13-23(32)30-8-7-18-16(12-30)10-26-15(2)19(18)11-27-24(33)20-4-6-22(31)29-28-20/h3-6,9-10H,7-8,11-13H2,1-2H3,(H,27,33)(H,29,31). The zero-order valence-corrected chi connectivity index (χ0v) is 19.6. The van der Waals surface area contributed by atoms with E-state index in [0.717, 1.165) is 27.9 Å². The number of halogens is 1. The summed E-state index contributed by atoms with van der Waals surface area (Å²) < 4.78 is 5.71. The van der Waals surface area contributed by atoms with Crippen molar-refractivity contribution >= 4 is 23.4 Å². The molecule has 3 heterocycles. The van der Waals surface area contributed by atoms with Gasteiger partial charge in [-0.05, 0) is 66.8 Å². The normalized spacial score (nSPS) is 12.7. The second-order valence-electron chi connectivity index (χ2n) is 8.08. The van der Waals surface area contributed by atoms with Crippen molar-refractivity contribution < 1.29 is 14.3 Å². The lowest BCUT2D eigenvalue weighted by Gasteiger charge is -2.30. The summed E-state index contributed by atoms with van der Waals surface area (Å²) in [7, 11) is 0. The average molecular weight is 482 g/mol. The minimum absolute atomic E-state index is 0.0633. The number of pyridine rings is 1. The van der Waals surface area contributed by atoms with Gasteiger partial charge < -0.3 is 15.0 Å². The highest BCUT2D eigenvalue weighted by molar-refractivity contribution is 6.30. The number of rotatable bonds is 6. The molecule has 0 unspecified atom stereocenters. The predicted molar refractivity (Wildman–Crippen MR) is 126 cm³/mol. The van der Waals surface area contributed by atoms with Crippen LogP contribution in [0.3, 0.4) is 0 Å². The van der Waals surface area contributed by atoms with Gasteiger partial charge in [0.2, 0.25) is 0 Å². The summed E-state index contributed by atoms with van der Waals surface area (Å²) in [4.78, 5) is 42.5. The summed E-state index contributed by atoms with van der Waals surface area (Å²) in [6.07, 6.45) is 2.43. The van der Waals surface area contributed by atoms with Gasteiger partial charge in [-0.15, -0.1) is 0 Å². The van der Waals surface area contributed by atoms with E-state index in [4.69, 9.17) is 16.3 Å². The number of nitrogens with one attached hydrogen (secondary N) is 2. The number of aromatic amines is 1. The van der Waals surface area contributed by atoms with Crippen LogP contribution in [0, 0.1) is 13.8 Å². The van der Waals surface area contributed by atoms with E-state index in [2.05, 4.69) is 20.5 Å². The number of aromatic nitrogens is 3. The van der Waals surface area contributed by atoms with Crippen molar-refractivity contribution in [2.24, 2.45) is 0 Å². The van der Waals surface area contributed by atoms with E-state index in [1.807, 2.05) is 13.8 Å². The number of carbonyl (C=O) groups is 2. The largest absolute Gasteiger partial charge is 0.483 e. The highest BCUT2D eigenvalue weighted by Gasteiger charge is 2.24. The van der Waals surface area contributed by atoms with Gasteiger partial charge in [-0.2, -0.15) is 5.10 Å². The predicted octanol–water partition coefficient (Wildman–Crippen LogP) is 2.33. The molecule has 9 nitrogen and oxygen atoms in total. The van der Waals surface area contributed by atoms with Gasteiger partial charge in [0.1, 0.15) is 11.4 Å². The third kappa shape index (κ3) is 5.26. The van der Waals surface area contributed by atoms with Crippen LogP contribution in [-0.2, 0) is 24.3 Å². The summed E-state index contributed by atoms with van der Waals surface area (Å²) in [5.41, 5.74) is 4.39. The van der Waals surface area contributed by atoms with E-state index >= 15 is 0 Å². The lowest BCUT2D eigenvalue weighted by atomic mass is 9.95. The molecule has 4 rings (SSSR count). The Kier molecular flexibility index (Phi) is 6.93. The Labute approximate surface area is 201 Å². The molecule has 10 heteroatoms. The summed E-state index contributed by atoms with van der Waals surface area (Å²) >= 11 is 5.97. The minimum atomic E-state index is -0.393. The second kappa shape index (κ2) is 10.0. The molecule has 1 aliphatic rings. The number of nitrogens with zero attached hydrogens (tertiary/aromatic N) is 3. The molecule has 1 aliphatic heterocycles. The SMILES string of the molecule is Cc1cc(Cl)ccc1OCC(=O)N1CCc2c(cnc(C)c2CNC(=O)c2ccc(=O)[nH]n2)C1. The van der Waals surface area contributed by atoms with Crippen LogP contribution in [0.2, 0.25) is 5.02 Å². The van der Waals surface area contributed by atoms with E-state index in [9.17, 15) is 14.4 Å². The van der Waals surface area contributed by atoms with Crippen LogP contribution in [0.5, 0.6) is 5.75 Å². The number of carbonyl (C=O) groups excluding carboxylic acids is 2. The maximum absolute atomic E-state index is 12.8. The number of aryl methyl sites for hydroxylation is 2. The molecule has 3 aromatic rings. The maximum atomic E-state index is 12.8. The number of hydrogen-bond donors (Lipinski definition) is 2. The number of amides is 2. The fourth-order valence-electron chi connectivity index (χ4n) is 3.91. The van der Waals surface area contributed by atoms with Gasteiger partial charge in [-0.3, -0.25) is 19.4 Å². The molecule has 2 N–H and O–H groups in total. The third-order valence-electron chi connectivity index (χ3n) is 5.77. The van der Waals surface area contributed by atoms with E-state index in [0.29, 0.717) is 30.3 Å². The van der Waals surface area contributed by atoms with Crippen LogP contribution in [0.25, 0.3) is 0 Å². The number of hydrogen-bond acceptors (Lipinski definition) is 6. The fraction of sp³-hybridized carbons (Fsp3) is 0.292. The highest BCUT2D eigenvalue weighted by Crippen LogP contribution is 2.25. The minimum Gasteiger partial charge on any atom is -0.483 e. The molecule has 0 radical (unpaired) electrons. The van der Waals surface area contributed by atoms with Gasteiger partial charge in [0.05, 0.1) is 0 Å². The van der Waals surface area contributed by atoms with Gasteiger partial charge in [0.15, 0.2) is 6.61 Å². The first-order valence-electron chi connectivity index (χ1n) is 10.8. The molecule has 1 aromatic carbocycles. The summed E-state index contributed by atoms with van der Waals surface area (Å²) in [5.74, 6) is 0.123. The van der Waals surface area contributed by atoms with Gasteiger partial charge in [-0.25, -0.2) is 5.10 Å². The summed E-state index contributed by atoms with van der Waals surface area (Å²) in [6.45, 7) is 4.94. The van der Waals surface area contributed by atoms with Crippen molar-refractivity contribution in [1.29, 1.82) is 0 Å². The highest BCUT2D eigenvalue weighted by atomic mass is 35.5. The van der Waals surface area contributed by atoms with E-state index < -0.39 is 5.91 Å². The monoisotopic (exact) mass is 481 g/mol. The summed E-state index contributed by atoms with van der Waals surface area (Å²) in [6, 6.07) is 7.90. The molecule has 0 saturated heterocycles. The van der Waals surface area contributed by atoms with Crippen molar-refractivity contribution in [3.8, 4) is 5.75 Å². The third-order valence-corrected chi connectivity index (χ3v) is 6.01. The zero-order chi connectivity index (χ0) is 24.2. The topological polar surface area (TPSA) is 117 Å². The quantitative estimate of drug-likeness (QED) is 0.558. The number of ether oxygens (including phenoxy) is 1. The molecule has 0 bridgehead atoms. The Balaban J connectivity index is 1.40. The van der Waals surface area contributed by atoms with Crippen molar-refractivity contribution in [2.45, 2.75) is 33.4 Å². The Bertz CT molecular complexity index is 1290. The number of fused-ring (bicyclic) bond motifs is 1. The van der Waals surface area contributed by atoms with Crippen LogP contribution in [-0.4, -0.2) is 45.0 Å². The van der Waals surface area contributed by atoms with Crippen molar-refractivity contribution in [1.82, 2.24) is 25.4 Å². The van der Waals surface area contributed by atoms with Gasteiger partial charge in [0, 0.05) is 42.6 Å². The van der Waals surface area contributed by atoms with Crippen molar-refractivity contribution in [3.63, 3.8) is 0 Å². The summed E-state index contributed by atoms with van der Waals surface area (Å²) in [5, 5.41) is 9.45. The molecule has 2 aromatic heterocycles. The smallest absolute Gasteiger partial charge is 0.271 e. The Morgan fingerprint density at radius 2 is 2.06 bits per heavy atom. The second-order valence-corrected chi connectivity index (χ2v) is 8.52. The lowest BCUT2D eigenvalue weighted by Crippen LogP contribution is -2.39. The van der Waals surface area contributed by atoms with E-state index in [-0.39, 0.29) is 30.3 Å². The molecule has 0 saturated carbocycles. The molecule has 2 amide bonds. The van der Waals surface area contributed by atoms with Crippen LogP contribution >= 0.6 is 11.6 Å².